The number of hydrogen-bond acceptors (Lipinski definition) is 6. The minimum Gasteiger partial charge on any atom is -0.465 e. The van der Waals surface area contributed by atoms with Gasteiger partial charge in [-0.3, -0.25) is 0 Å². The molecule has 1 saturated heterocycles. The van der Waals surface area contributed by atoms with Gasteiger partial charge in [0.25, 0.3) is 5.79 Å². The molecule has 0 bridgehead atoms. The van der Waals surface area contributed by atoms with Crippen LogP contribution in [0.3, 0.4) is 0 Å². The lowest BCUT2D eigenvalue weighted by Crippen LogP contribution is -2.48. The third-order valence-electron chi connectivity index (χ3n) is 5.82. The summed E-state index contributed by atoms with van der Waals surface area (Å²) in [6, 6.07) is 16.6. The van der Waals surface area contributed by atoms with Gasteiger partial charge < -0.3 is 18.6 Å². The molecule has 0 radical (unpaired) electrons. The molecule has 6 heteroatoms. The number of hydrogen-bond donors (Lipinski definition) is 0. The number of esters is 1. The Bertz CT molecular complexity index is 1080. The van der Waals surface area contributed by atoms with E-state index in [4.69, 9.17) is 23.6 Å². The van der Waals surface area contributed by atoms with E-state index in [0.717, 1.165) is 23.4 Å². The fraction of sp³-hybridized carbons (Fsp3) is 0.385. The molecule has 32 heavy (non-hydrogen) atoms. The number of methoxy groups -OCH3 is 1. The number of ether oxygens (including phenoxy) is 3. The van der Waals surface area contributed by atoms with E-state index in [2.05, 4.69) is 43.3 Å². The number of aromatic nitrogens is 1. The van der Waals surface area contributed by atoms with Crippen molar-refractivity contribution in [2.24, 2.45) is 5.92 Å². The lowest BCUT2D eigenvalue weighted by atomic mass is 9.97. The zero-order valence-electron chi connectivity index (χ0n) is 19.0. The first-order valence-corrected chi connectivity index (χ1v) is 10.8. The molecule has 2 aromatic carbocycles. The van der Waals surface area contributed by atoms with Crippen LogP contribution in [0.1, 0.15) is 35.1 Å². The van der Waals surface area contributed by atoms with Gasteiger partial charge in [-0.05, 0) is 43.5 Å². The van der Waals surface area contributed by atoms with E-state index >= 15 is 0 Å². The molecule has 1 aliphatic rings. The normalized spacial score (nSPS) is 20.8. The van der Waals surface area contributed by atoms with Crippen LogP contribution >= 0.6 is 0 Å². The minimum atomic E-state index is -1.31. The Labute approximate surface area is 188 Å². The summed E-state index contributed by atoms with van der Waals surface area (Å²) in [4.78, 5) is 16.6. The summed E-state index contributed by atoms with van der Waals surface area (Å²) in [6.45, 7) is 6.50. The molecule has 1 aliphatic heterocycles. The van der Waals surface area contributed by atoms with Crippen molar-refractivity contribution in [3.8, 4) is 11.5 Å². The monoisotopic (exact) mass is 435 g/mol. The molecule has 1 aromatic heterocycles. The predicted octanol–water partition coefficient (Wildman–Crippen LogP) is 4.64. The smallest absolute Gasteiger partial charge is 0.366 e. The van der Waals surface area contributed by atoms with Crippen molar-refractivity contribution in [2.45, 2.75) is 39.4 Å². The molecule has 6 nitrogen and oxygen atoms in total. The lowest BCUT2D eigenvalue weighted by Gasteiger charge is -2.35. The molecule has 0 amide bonds. The van der Waals surface area contributed by atoms with E-state index in [0.29, 0.717) is 25.5 Å². The third-order valence-corrected chi connectivity index (χ3v) is 5.82. The maximum Gasteiger partial charge on any atom is 0.366 e. The molecule has 4 rings (SSSR count). The van der Waals surface area contributed by atoms with Crippen molar-refractivity contribution in [3.63, 3.8) is 0 Å². The summed E-state index contributed by atoms with van der Waals surface area (Å²) in [5, 5.41) is 0. The van der Waals surface area contributed by atoms with Crippen molar-refractivity contribution >= 4 is 5.97 Å². The highest BCUT2D eigenvalue weighted by molar-refractivity contribution is 5.77. The quantitative estimate of drug-likeness (QED) is 0.525. The highest BCUT2D eigenvalue weighted by Gasteiger charge is 2.41. The third kappa shape index (κ3) is 4.92. The SMILES string of the molecule is COC(=O)[C@]1(C)OC[C@H](Cc2cccc(Cc3nc(-c4ccc(C)cc4)oc3C)c2)CO1. The Kier molecular flexibility index (Phi) is 6.44. The number of carbonyl (C=O) groups excluding carboxylic acids is 1. The first-order valence-electron chi connectivity index (χ1n) is 10.8. The van der Waals surface area contributed by atoms with Gasteiger partial charge in [0.15, 0.2) is 0 Å². The van der Waals surface area contributed by atoms with Gasteiger partial charge in [-0.25, -0.2) is 9.78 Å². The molecule has 0 unspecified atom stereocenters. The minimum absolute atomic E-state index is 0.171. The second-order valence-electron chi connectivity index (χ2n) is 8.51. The number of aryl methyl sites for hydroxylation is 2. The van der Waals surface area contributed by atoms with Gasteiger partial charge in [0.2, 0.25) is 5.89 Å². The fourth-order valence-corrected chi connectivity index (χ4v) is 3.87. The highest BCUT2D eigenvalue weighted by atomic mass is 16.7. The van der Waals surface area contributed by atoms with Gasteiger partial charge >= 0.3 is 5.97 Å². The van der Waals surface area contributed by atoms with Crippen LogP contribution < -0.4 is 0 Å². The number of oxazole rings is 1. The maximum atomic E-state index is 11.8. The van der Waals surface area contributed by atoms with Gasteiger partial charge in [-0.15, -0.1) is 0 Å². The lowest BCUT2D eigenvalue weighted by molar-refractivity contribution is -0.272. The Morgan fingerprint density at radius 2 is 1.78 bits per heavy atom. The Hall–Kier alpha value is -2.96. The van der Waals surface area contributed by atoms with Crippen molar-refractivity contribution < 1.29 is 23.4 Å². The van der Waals surface area contributed by atoms with Crippen LogP contribution in [0, 0.1) is 19.8 Å². The first-order chi connectivity index (χ1) is 15.4. The predicted molar refractivity (Wildman–Crippen MR) is 120 cm³/mol. The topological polar surface area (TPSA) is 70.8 Å². The summed E-state index contributed by atoms with van der Waals surface area (Å²) >= 11 is 0. The molecule has 2 heterocycles. The van der Waals surface area contributed by atoms with E-state index in [1.165, 1.54) is 23.8 Å². The molecule has 168 valence electrons. The number of benzene rings is 2. The molecule has 1 fully saturated rings. The number of nitrogens with zero attached hydrogens (tertiary/aromatic N) is 1. The van der Waals surface area contributed by atoms with Crippen LogP contribution in [0.15, 0.2) is 52.9 Å². The second kappa shape index (κ2) is 9.27. The van der Waals surface area contributed by atoms with Crippen LogP contribution in [-0.4, -0.2) is 37.1 Å². The average molecular weight is 436 g/mol. The van der Waals surface area contributed by atoms with Gasteiger partial charge in [0.05, 0.1) is 26.0 Å². The van der Waals surface area contributed by atoms with E-state index in [-0.39, 0.29) is 5.92 Å². The van der Waals surface area contributed by atoms with E-state index in [1.807, 2.05) is 19.1 Å². The van der Waals surface area contributed by atoms with Crippen molar-refractivity contribution in [1.29, 1.82) is 0 Å². The van der Waals surface area contributed by atoms with Crippen LogP contribution in [0.4, 0.5) is 0 Å². The van der Waals surface area contributed by atoms with Crippen LogP contribution in [0.5, 0.6) is 0 Å². The molecule has 0 spiro atoms. The number of rotatable bonds is 6. The zero-order chi connectivity index (χ0) is 22.7. The summed E-state index contributed by atoms with van der Waals surface area (Å²) in [5.74, 6) is -0.163. The van der Waals surface area contributed by atoms with Crippen molar-refractivity contribution in [1.82, 2.24) is 4.98 Å². The standard InChI is InChI=1S/C26H29NO5/c1-17-8-10-22(11-9-17)24-27-23(18(2)32-24)14-20-7-5-6-19(12-20)13-21-15-30-26(3,31-16-21)25(28)29-4/h5-12,21H,13-16H2,1-4H3/t21-,26+. The molecular weight excluding hydrogens is 406 g/mol. The first kappa shape index (κ1) is 22.2. The second-order valence-corrected chi connectivity index (χ2v) is 8.51. The van der Waals surface area contributed by atoms with E-state index in [1.54, 1.807) is 6.92 Å². The van der Waals surface area contributed by atoms with Crippen LogP contribution in [0.2, 0.25) is 0 Å². The summed E-state index contributed by atoms with van der Waals surface area (Å²) < 4.78 is 22.0. The largest absolute Gasteiger partial charge is 0.465 e. The fourth-order valence-electron chi connectivity index (χ4n) is 3.87. The van der Waals surface area contributed by atoms with Gasteiger partial charge in [0.1, 0.15) is 5.76 Å². The molecule has 0 N–H and O–H groups in total. The Balaban J connectivity index is 1.41. The summed E-state index contributed by atoms with van der Waals surface area (Å²) in [7, 11) is 1.33. The van der Waals surface area contributed by atoms with Crippen LogP contribution in [-0.2, 0) is 31.8 Å². The van der Waals surface area contributed by atoms with Gasteiger partial charge in [0, 0.05) is 24.8 Å². The van der Waals surface area contributed by atoms with Crippen molar-refractivity contribution in [2.75, 3.05) is 20.3 Å². The van der Waals surface area contributed by atoms with Crippen molar-refractivity contribution in [3.05, 3.63) is 76.7 Å². The molecule has 3 aromatic rings. The van der Waals surface area contributed by atoms with Gasteiger partial charge in [-0.2, -0.15) is 0 Å². The molecular formula is C26H29NO5. The van der Waals surface area contributed by atoms with Gasteiger partial charge in [-0.1, -0.05) is 42.0 Å². The number of carbonyl (C=O) groups is 1. The van der Waals surface area contributed by atoms with E-state index < -0.39 is 11.8 Å². The molecule has 0 atom stereocenters. The molecule has 0 saturated carbocycles. The molecule has 0 aliphatic carbocycles. The summed E-state index contributed by atoms with van der Waals surface area (Å²) in [6.07, 6.45) is 1.50. The maximum absolute atomic E-state index is 11.8. The summed E-state index contributed by atoms with van der Waals surface area (Å²) in [5.41, 5.74) is 5.50. The highest BCUT2D eigenvalue weighted by Crippen LogP contribution is 2.26. The van der Waals surface area contributed by atoms with Crippen LogP contribution in [0.25, 0.3) is 11.5 Å². The zero-order valence-corrected chi connectivity index (χ0v) is 19.0. The Morgan fingerprint density at radius 1 is 1.09 bits per heavy atom. The Morgan fingerprint density at radius 3 is 2.47 bits per heavy atom. The average Bonchev–Trinajstić information content (AvgIpc) is 3.15. The van der Waals surface area contributed by atoms with E-state index in [9.17, 15) is 4.79 Å².